The summed E-state index contributed by atoms with van der Waals surface area (Å²) in [6.45, 7) is 3.87. The van der Waals surface area contributed by atoms with Gasteiger partial charge in [-0.3, -0.25) is 0 Å². The van der Waals surface area contributed by atoms with Crippen molar-refractivity contribution >= 4 is 11.6 Å². The van der Waals surface area contributed by atoms with Gasteiger partial charge in [0.1, 0.15) is 5.75 Å². The van der Waals surface area contributed by atoms with E-state index in [1.54, 1.807) is 6.07 Å². The molecule has 0 spiro atoms. The Morgan fingerprint density at radius 3 is 2.52 bits per heavy atom. The summed E-state index contributed by atoms with van der Waals surface area (Å²) in [7, 11) is 0. The monoisotopic (exact) mass is 310 g/mol. The van der Waals surface area contributed by atoms with Crippen molar-refractivity contribution in [2.45, 2.75) is 31.7 Å². The largest absolute Gasteiger partial charge is 0.491 e. The van der Waals surface area contributed by atoms with E-state index in [1.165, 1.54) is 6.07 Å². The molecular weight excluding hydrogens is 294 g/mol. The van der Waals surface area contributed by atoms with Gasteiger partial charge in [0.2, 0.25) is 0 Å². The summed E-state index contributed by atoms with van der Waals surface area (Å²) in [6, 6.07) is 11.5. The number of benzene rings is 2. The van der Waals surface area contributed by atoms with Crippen molar-refractivity contribution in [1.29, 1.82) is 0 Å². The van der Waals surface area contributed by atoms with E-state index in [9.17, 15) is 8.78 Å². The van der Waals surface area contributed by atoms with Crippen LogP contribution in [0.4, 0.5) is 8.78 Å². The van der Waals surface area contributed by atoms with Gasteiger partial charge in [0.05, 0.1) is 11.5 Å². The van der Waals surface area contributed by atoms with E-state index in [1.807, 2.05) is 38.1 Å². The number of rotatable bonds is 5. The minimum Gasteiger partial charge on any atom is -0.491 e. The molecule has 0 saturated carbocycles. The molecular formula is C17H17ClF2O. The standard InChI is InChI=1S/C17H17ClF2O/c1-11(2)21-14-7-3-5-12(9-14)15(18)10-13-6-4-8-16(19)17(13)20/h3-9,11,15H,10H2,1-2H3. The second-order valence-electron chi connectivity index (χ2n) is 5.12. The summed E-state index contributed by atoms with van der Waals surface area (Å²) in [5.41, 5.74) is 1.09. The SMILES string of the molecule is CC(C)Oc1cccc(C(Cl)Cc2cccc(F)c2F)c1. The fraction of sp³-hybridized carbons (Fsp3) is 0.294. The van der Waals surface area contributed by atoms with Crippen LogP contribution in [0.3, 0.4) is 0 Å². The van der Waals surface area contributed by atoms with Crippen LogP contribution in [0.15, 0.2) is 42.5 Å². The predicted molar refractivity (Wildman–Crippen MR) is 80.9 cm³/mol. The Balaban J connectivity index is 2.16. The van der Waals surface area contributed by atoms with Crippen LogP contribution in [0, 0.1) is 11.6 Å². The van der Waals surface area contributed by atoms with Crippen LogP contribution in [-0.2, 0) is 6.42 Å². The van der Waals surface area contributed by atoms with Gasteiger partial charge in [-0.2, -0.15) is 0 Å². The minimum absolute atomic E-state index is 0.0645. The van der Waals surface area contributed by atoms with Crippen LogP contribution in [-0.4, -0.2) is 6.10 Å². The fourth-order valence-electron chi connectivity index (χ4n) is 2.07. The Morgan fingerprint density at radius 2 is 1.81 bits per heavy atom. The molecule has 0 saturated heterocycles. The van der Waals surface area contributed by atoms with Gasteiger partial charge in [-0.1, -0.05) is 24.3 Å². The minimum atomic E-state index is -0.853. The first-order valence-electron chi connectivity index (χ1n) is 6.81. The lowest BCUT2D eigenvalue weighted by Crippen LogP contribution is -2.06. The average Bonchev–Trinajstić information content (AvgIpc) is 2.43. The number of alkyl halides is 1. The predicted octanol–water partition coefficient (Wildman–Crippen LogP) is 5.27. The zero-order valence-corrected chi connectivity index (χ0v) is 12.7. The number of hydrogen-bond donors (Lipinski definition) is 0. The zero-order chi connectivity index (χ0) is 15.4. The van der Waals surface area contributed by atoms with Crippen LogP contribution < -0.4 is 4.74 Å². The summed E-state index contributed by atoms with van der Waals surface area (Å²) in [5, 5.41) is -0.447. The van der Waals surface area contributed by atoms with Crippen molar-refractivity contribution in [3.8, 4) is 5.75 Å². The molecule has 0 fully saturated rings. The smallest absolute Gasteiger partial charge is 0.162 e. The van der Waals surface area contributed by atoms with Crippen molar-refractivity contribution < 1.29 is 13.5 Å². The maximum absolute atomic E-state index is 13.7. The van der Waals surface area contributed by atoms with Crippen molar-refractivity contribution in [3.05, 3.63) is 65.2 Å². The van der Waals surface area contributed by atoms with E-state index in [0.717, 1.165) is 11.6 Å². The van der Waals surface area contributed by atoms with Gasteiger partial charge < -0.3 is 4.74 Å². The van der Waals surface area contributed by atoms with Gasteiger partial charge in [0.25, 0.3) is 0 Å². The maximum atomic E-state index is 13.7. The molecule has 0 aliphatic carbocycles. The molecule has 0 bridgehead atoms. The maximum Gasteiger partial charge on any atom is 0.162 e. The third-order valence-electron chi connectivity index (χ3n) is 3.02. The molecule has 0 aromatic heterocycles. The van der Waals surface area contributed by atoms with Crippen molar-refractivity contribution in [3.63, 3.8) is 0 Å². The Labute approximate surface area is 128 Å². The van der Waals surface area contributed by atoms with Crippen LogP contribution in [0.5, 0.6) is 5.75 Å². The molecule has 4 heteroatoms. The van der Waals surface area contributed by atoms with E-state index in [-0.39, 0.29) is 18.1 Å². The molecule has 0 aliphatic heterocycles. The third kappa shape index (κ3) is 4.18. The van der Waals surface area contributed by atoms with Crippen molar-refractivity contribution in [1.82, 2.24) is 0 Å². The van der Waals surface area contributed by atoms with Gasteiger partial charge in [-0.15, -0.1) is 11.6 Å². The molecule has 112 valence electrons. The molecule has 0 heterocycles. The quantitative estimate of drug-likeness (QED) is 0.683. The highest BCUT2D eigenvalue weighted by Gasteiger charge is 2.15. The molecule has 0 amide bonds. The lowest BCUT2D eigenvalue weighted by atomic mass is 10.0. The topological polar surface area (TPSA) is 9.23 Å². The highest BCUT2D eigenvalue weighted by molar-refractivity contribution is 6.20. The number of halogens is 3. The number of ether oxygens (including phenoxy) is 1. The van der Waals surface area contributed by atoms with Crippen LogP contribution in [0.1, 0.15) is 30.4 Å². The van der Waals surface area contributed by atoms with Gasteiger partial charge in [0.15, 0.2) is 11.6 Å². The van der Waals surface area contributed by atoms with Crippen molar-refractivity contribution in [2.24, 2.45) is 0 Å². The lowest BCUT2D eigenvalue weighted by Gasteiger charge is -2.14. The molecule has 2 aromatic carbocycles. The van der Waals surface area contributed by atoms with Gasteiger partial charge in [-0.05, 0) is 49.6 Å². The van der Waals surface area contributed by atoms with Crippen molar-refractivity contribution in [2.75, 3.05) is 0 Å². The highest BCUT2D eigenvalue weighted by Crippen LogP contribution is 2.29. The Bertz CT molecular complexity index is 613. The summed E-state index contributed by atoms with van der Waals surface area (Å²) in [4.78, 5) is 0. The van der Waals surface area contributed by atoms with E-state index in [2.05, 4.69) is 0 Å². The molecule has 0 radical (unpaired) electrons. The van der Waals surface area contributed by atoms with Crippen LogP contribution >= 0.6 is 11.6 Å². The molecule has 1 nitrogen and oxygen atoms in total. The zero-order valence-electron chi connectivity index (χ0n) is 11.9. The van der Waals surface area contributed by atoms with Gasteiger partial charge >= 0.3 is 0 Å². The van der Waals surface area contributed by atoms with Crippen LogP contribution in [0.25, 0.3) is 0 Å². The molecule has 21 heavy (non-hydrogen) atoms. The Morgan fingerprint density at radius 1 is 1.10 bits per heavy atom. The molecule has 0 N–H and O–H groups in total. The first kappa shape index (κ1) is 15.8. The first-order chi connectivity index (χ1) is 9.97. The normalized spacial score (nSPS) is 12.5. The molecule has 2 aromatic rings. The summed E-state index contributed by atoms with van der Waals surface area (Å²) < 4.78 is 32.5. The lowest BCUT2D eigenvalue weighted by molar-refractivity contribution is 0.242. The van der Waals surface area contributed by atoms with Crippen LogP contribution in [0.2, 0.25) is 0 Å². The van der Waals surface area contributed by atoms with Gasteiger partial charge in [0, 0.05) is 0 Å². The third-order valence-corrected chi connectivity index (χ3v) is 3.43. The Hall–Kier alpha value is -1.61. The summed E-state index contributed by atoms with van der Waals surface area (Å²) >= 11 is 6.33. The molecule has 1 atom stereocenters. The fourth-order valence-corrected chi connectivity index (χ4v) is 2.37. The second kappa shape index (κ2) is 6.90. The molecule has 1 unspecified atom stereocenters. The van der Waals surface area contributed by atoms with E-state index >= 15 is 0 Å². The second-order valence-corrected chi connectivity index (χ2v) is 5.65. The highest BCUT2D eigenvalue weighted by atomic mass is 35.5. The van der Waals surface area contributed by atoms with Gasteiger partial charge in [-0.25, -0.2) is 8.78 Å². The van der Waals surface area contributed by atoms with E-state index < -0.39 is 17.0 Å². The summed E-state index contributed by atoms with van der Waals surface area (Å²) in [5.74, 6) is -0.973. The Kier molecular flexibility index (Phi) is 5.18. The number of hydrogen-bond acceptors (Lipinski definition) is 1. The average molecular weight is 311 g/mol. The van der Waals surface area contributed by atoms with E-state index in [0.29, 0.717) is 5.75 Å². The molecule has 2 rings (SSSR count). The molecule has 0 aliphatic rings. The first-order valence-corrected chi connectivity index (χ1v) is 7.24. The summed E-state index contributed by atoms with van der Waals surface area (Å²) in [6.07, 6.45) is 0.283. The van der Waals surface area contributed by atoms with E-state index in [4.69, 9.17) is 16.3 Å².